The summed E-state index contributed by atoms with van der Waals surface area (Å²) < 4.78 is 45.5. The monoisotopic (exact) mass is 449 g/mol. The van der Waals surface area contributed by atoms with E-state index in [1.165, 1.54) is 34.0 Å². The lowest BCUT2D eigenvalue weighted by atomic mass is 9.99. The van der Waals surface area contributed by atoms with Crippen molar-refractivity contribution in [2.24, 2.45) is 5.92 Å². The summed E-state index contributed by atoms with van der Waals surface area (Å²) in [5.74, 6) is -0.684. The summed E-state index contributed by atoms with van der Waals surface area (Å²) in [5.41, 5.74) is 0.596. The van der Waals surface area contributed by atoms with Crippen LogP contribution >= 0.6 is 11.3 Å². The van der Waals surface area contributed by atoms with Crippen molar-refractivity contribution in [2.45, 2.75) is 24.3 Å². The van der Waals surface area contributed by atoms with Gasteiger partial charge in [-0.15, -0.1) is 11.3 Å². The number of carbonyl (C=O) groups is 1. The highest BCUT2D eigenvalue weighted by Crippen LogP contribution is 2.25. The Bertz CT molecular complexity index is 1110. The molecule has 1 atom stereocenters. The van der Waals surface area contributed by atoms with E-state index in [2.05, 4.69) is 10.3 Å². The quantitative estimate of drug-likeness (QED) is 0.624. The number of hydrogen-bond acceptors (Lipinski definition) is 6. The maximum Gasteiger partial charge on any atom is 0.243 e. The maximum absolute atomic E-state index is 13.1. The predicted octanol–water partition coefficient (Wildman–Crippen LogP) is 3.26. The average Bonchev–Trinajstić information content (AvgIpc) is 3.44. The Labute approximate surface area is 177 Å². The van der Waals surface area contributed by atoms with Gasteiger partial charge in [-0.05, 0) is 48.6 Å². The van der Waals surface area contributed by atoms with E-state index in [1.807, 2.05) is 17.5 Å². The minimum absolute atomic E-state index is 0.0219. The molecule has 0 saturated carbocycles. The van der Waals surface area contributed by atoms with E-state index in [4.69, 9.17) is 4.42 Å². The van der Waals surface area contributed by atoms with Crippen molar-refractivity contribution in [2.75, 3.05) is 13.1 Å². The first-order valence-corrected chi connectivity index (χ1v) is 11.8. The summed E-state index contributed by atoms with van der Waals surface area (Å²) in [7, 11) is -3.77. The highest BCUT2D eigenvalue weighted by atomic mass is 32.2. The first-order valence-electron chi connectivity index (χ1n) is 9.45. The zero-order chi connectivity index (χ0) is 21.1. The van der Waals surface area contributed by atoms with Crippen molar-refractivity contribution < 1.29 is 22.0 Å². The Hall–Kier alpha value is -2.56. The number of oxazole rings is 1. The molecule has 7 nitrogen and oxygen atoms in total. The number of nitrogens with one attached hydrogen (secondary N) is 1. The second-order valence-corrected chi connectivity index (χ2v) is 9.88. The molecule has 30 heavy (non-hydrogen) atoms. The zero-order valence-electron chi connectivity index (χ0n) is 16.0. The van der Waals surface area contributed by atoms with Crippen molar-refractivity contribution in [3.63, 3.8) is 0 Å². The van der Waals surface area contributed by atoms with Crippen molar-refractivity contribution >= 4 is 27.3 Å². The van der Waals surface area contributed by atoms with Crippen LogP contribution < -0.4 is 5.32 Å². The number of amides is 1. The van der Waals surface area contributed by atoms with Gasteiger partial charge < -0.3 is 9.73 Å². The Morgan fingerprint density at radius 1 is 1.30 bits per heavy atom. The van der Waals surface area contributed by atoms with E-state index in [-0.39, 0.29) is 23.9 Å². The van der Waals surface area contributed by atoms with E-state index < -0.39 is 21.8 Å². The lowest BCUT2D eigenvalue weighted by Gasteiger charge is -2.31. The van der Waals surface area contributed by atoms with Gasteiger partial charge in [0.25, 0.3) is 0 Å². The Morgan fingerprint density at radius 2 is 2.10 bits per heavy atom. The minimum atomic E-state index is -3.77. The van der Waals surface area contributed by atoms with Gasteiger partial charge in [0.15, 0.2) is 0 Å². The number of nitrogens with zero attached hydrogens (tertiary/aromatic N) is 2. The summed E-state index contributed by atoms with van der Waals surface area (Å²) in [6.45, 7) is 0.622. The molecule has 1 aromatic carbocycles. The Balaban J connectivity index is 1.37. The minimum Gasteiger partial charge on any atom is -0.443 e. The summed E-state index contributed by atoms with van der Waals surface area (Å²) >= 11 is 1.51. The molecule has 3 aromatic rings. The van der Waals surface area contributed by atoms with Crippen LogP contribution in [0, 0.1) is 11.7 Å². The molecule has 1 aliphatic heterocycles. The summed E-state index contributed by atoms with van der Waals surface area (Å²) in [5, 5.41) is 4.74. The lowest BCUT2D eigenvalue weighted by molar-refractivity contribution is -0.126. The normalized spacial score (nSPS) is 17.7. The van der Waals surface area contributed by atoms with Crippen molar-refractivity contribution in [3.05, 3.63) is 59.6 Å². The average molecular weight is 450 g/mol. The molecular weight excluding hydrogens is 429 g/mol. The molecule has 1 N–H and O–H groups in total. The second-order valence-electron chi connectivity index (χ2n) is 7.00. The maximum atomic E-state index is 13.1. The third kappa shape index (κ3) is 4.45. The van der Waals surface area contributed by atoms with Crippen LogP contribution in [0.25, 0.3) is 10.8 Å². The summed E-state index contributed by atoms with van der Waals surface area (Å²) in [6, 6.07) is 8.51. The molecule has 1 amide bonds. The topological polar surface area (TPSA) is 92.5 Å². The summed E-state index contributed by atoms with van der Waals surface area (Å²) in [4.78, 5) is 17.9. The largest absolute Gasteiger partial charge is 0.443 e. The van der Waals surface area contributed by atoms with Crippen LogP contribution in [-0.2, 0) is 21.4 Å². The van der Waals surface area contributed by atoms with Crippen molar-refractivity contribution in [1.29, 1.82) is 0 Å². The van der Waals surface area contributed by atoms with Gasteiger partial charge in [0, 0.05) is 13.1 Å². The smallest absolute Gasteiger partial charge is 0.243 e. The number of hydrogen-bond donors (Lipinski definition) is 1. The lowest BCUT2D eigenvalue weighted by Crippen LogP contribution is -2.45. The zero-order valence-corrected chi connectivity index (χ0v) is 17.6. The van der Waals surface area contributed by atoms with Crippen molar-refractivity contribution in [1.82, 2.24) is 14.6 Å². The molecule has 158 valence electrons. The highest BCUT2D eigenvalue weighted by molar-refractivity contribution is 7.89. The van der Waals surface area contributed by atoms with Gasteiger partial charge in [0.1, 0.15) is 12.1 Å². The van der Waals surface area contributed by atoms with Gasteiger partial charge in [-0.2, -0.15) is 4.31 Å². The molecule has 0 radical (unpaired) electrons. The van der Waals surface area contributed by atoms with Crippen LogP contribution in [0.1, 0.15) is 18.5 Å². The molecule has 0 bridgehead atoms. The van der Waals surface area contributed by atoms with Crippen LogP contribution in [0.4, 0.5) is 4.39 Å². The van der Waals surface area contributed by atoms with Crippen LogP contribution in [0.15, 0.2) is 57.4 Å². The third-order valence-corrected chi connectivity index (χ3v) is 7.67. The Morgan fingerprint density at radius 3 is 2.83 bits per heavy atom. The molecule has 4 rings (SSSR count). The molecule has 0 spiro atoms. The number of sulfonamides is 1. The number of benzene rings is 1. The molecule has 1 saturated heterocycles. The first kappa shape index (κ1) is 20.7. The standard InChI is InChI=1S/C20H20FN3O4S2/c21-15-5-7-17(8-6-15)30(26,27)24-9-1-3-14(12-24)19(25)22-11-16-13-28-20(23-16)18-4-2-10-29-18/h2,4-8,10,13-14H,1,3,9,11-12H2,(H,22,25)/t14-/m0/s1. The SMILES string of the molecule is O=C(NCc1coc(-c2cccs2)n1)[C@H]1CCCN(S(=O)(=O)c2ccc(F)cc2)C1. The molecule has 0 unspecified atom stereocenters. The molecule has 3 heterocycles. The number of carbonyl (C=O) groups excluding carboxylic acids is 1. The molecule has 1 aliphatic rings. The molecular formula is C20H20FN3O4S2. The Kier molecular flexibility index (Phi) is 5.98. The number of halogens is 1. The van der Waals surface area contributed by atoms with Crippen LogP contribution in [0.5, 0.6) is 0 Å². The van der Waals surface area contributed by atoms with Gasteiger partial charge in [-0.25, -0.2) is 17.8 Å². The molecule has 0 aliphatic carbocycles. The van der Waals surface area contributed by atoms with E-state index in [1.54, 1.807) is 0 Å². The van der Waals surface area contributed by atoms with Gasteiger partial charge in [0.05, 0.1) is 27.9 Å². The summed E-state index contributed by atoms with van der Waals surface area (Å²) in [6.07, 6.45) is 2.67. The van der Waals surface area contributed by atoms with Gasteiger partial charge in [0.2, 0.25) is 21.8 Å². The van der Waals surface area contributed by atoms with Crippen molar-refractivity contribution in [3.8, 4) is 10.8 Å². The van der Waals surface area contributed by atoms with Gasteiger partial charge in [-0.1, -0.05) is 6.07 Å². The van der Waals surface area contributed by atoms with E-state index in [0.717, 1.165) is 17.0 Å². The van der Waals surface area contributed by atoms with E-state index >= 15 is 0 Å². The van der Waals surface area contributed by atoms with E-state index in [0.29, 0.717) is 31.0 Å². The van der Waals surface area contributed by atoms with E-state index in [9.17, 15) is 17.6 Å². The van der Waals surface area contributed by atoms with Crippen LogP contribution in [0.2, 0.25) is 0 Å². The molecule has 2 aromatic heterocycles. The first-order chi connectivity index (χ1) is 14.4. The number of aromatic nitrogens is 1. The fourth-order valence-corrected chi connectivity index (χ4v) is 5.53. The highest BCUT2D eigenvalue weighted by Gasteiger charge is 2.33. The molecule has 10 heteroatoms. The number of thiophene rings is 1. The number of rotatable bonds is 6. The number of piperidine rings is 1. The van der Waals surface area contributed by atoms with Crippen LogP contribution in [0.3, 0.4) is 0 Å². The molecule has 1 fully saturated rings. The predicted molar refractivity (Wildman–Crippen MR) is 110 cm³/mol. The second kappa shape index (κ2) is 8.66. The fourth-order valence-electron chi connectivity index (χ4n) is 3.35. The third-order valence-electron chi connectivity index (χ3n) is 4.93. The fraction of sp³-hybridized carbons (Fsp3) is 0.300. The van der Waals surface area contributed by atoms with Gasteiger partial charge >= 0.3 is 0 Å². The van der Waals surface area contributed by atoms with Crippen LogP contribution in [-0.4, -0.2) is 36.7 Å². The van der Waals surface area contributed by atoms with Gasteiger partial charge in [-0.3, -0.25) is 4.79 Å².